The topological polar surface area (TPSA) is 50.7 Å². The quantitative estimate of drug-likeness (QED) is 0.747. The van der Waals surface area contributed by atoms with Gasteiger partial charge in [0.25, 0.3) is 0 Å². The summed E-state index contributed by atoms with van der Waals surface area (Å²) in [5.74, 6) is 1.51. The Balaban J connectivity index is 2.24. The Morgan fingerprint density at radius 1 is 1.69 bits per heavy atom. The second-order valence-corrected chi connectivity index (χ2v) is 5.06. The van der Waals surface area contributed by atoms with Gasteiger partial charge in [-0.25, -0.2) is 0 Å². The number of carbonyl (C=O) groups excluding carboxylic acids is 1. The van der Waals surface area contributed by atoms with Gasteiger partial charge >= 0.3 is 5.97 Å². The van der Waals surface area contributed by atoms with E-state index < -0.39 is 0 Å². The third-order valence-electron chi connectivity index (χ3n) is 2.39. The number of amidine groups is 1. The Hall–Kier alpha value is -0.710. The molecule has 1 aliphatic rings. The van der Waals surface area contributed by atoms with Crippen LogP contribution >= 0.6 is 11.8 Å². The van der Waals surface area contributed by atoms with Gasteiger partial charge in [0.2, 0.25) is 0 Å². The van der Waals surface area contributed by atoms with Crippen molar-refractivity contribution in [2.45, 2.75) is 33.2 Å². The molecule has 5 heteroatoms. The highest BCUT2D eigenvalue weighted by Crippen LogP contribution is 2.18. The van der Waals surface area contributed by atoms with Gasteiger partial charge in [-0.05, 0) is 12.8 Å². The molecule has 0 amide bonds. The second-order valence-electron chi connectivity index (χ2n) is 4.05. The minimum Gasteiger partial charge on any atom is -0.466 e. The number of carbonyl (C=O) groups is 1. The summed E-state index contributed by atoms with van der Waals surface area (Å²) >= 11 is 1.73. The molecule has 0 aliphatic carbocycles. The lowest BCUT2D eigenvalue weighted by Crippen LogP contribution is -2.31. The van der Waals surface area contributed by atoms with E-state index in [-0.39, 0.29) is 5.97 Å². The molecule has 1 saturated heterocycles. The van der Waals surface area contributed by atoms with Crippen LogP contribution < -0.4 is 5.32 Å². The van der Waals surface area contributed by atoms with Crippen LogP contribution in [0.3, 0.4) is 0 Å². The molecule has 0 bridgehead atoms. The molecule has 92 valence electrons. The average Bonchev–Trinajstić information content (AvgIpc) is 2.67. The number of hydrogen-bond donors (Lipinski definition) is 1. The number of esters is 1. The summed E-state index contributed by atoms with van der Waals surface area (Å²) in [5.41, 5.74) is 0. The highest BCUT2D eigenvalue weighted by atomic mass is 32.2. The predicted octanol–water partition coefficient (Wildman–Crippen LogP) is 1.66. The second kappa shape index (κ2) is 6.78. The third-order valence-corrected chi connectivity index (χ3v) is 3.44. The number of aliphatic imine (C=N–C) groups is 1. The molecule has 0 aromatic rings. The van der Waals surface area contributed by atoms with Crippen LogP contribution in [0.5, 0.6) is 0 Å². The Labute approximate surface area is 101 Å². The molecular weight excluding hydrogens is 224 g/mol. The summed E-state index contributed by atoms with van der Waals surface area (Å²) in [6.07, 6.45) is 0.367. The third kappa shape index (κ3) is 4.43. The van der Waals surface area contributed by atoms with Crippen LogP contribution in [0.15, 0.2) is 4.99 Å². The zero-order chi connectivity index (χ0) is 12.0. The van der Waals surface area contributed by atoms with Crippen molar-refractivity contribution in [3.63, 3.8) is 0 Å². The molecule has 1 heterocycles. The van der Waals surface area contributed by atoms with Crippen LogP contribution in [0.25, 0.3) is 0 Å². The van der Waals surface area contributed by atoms with E-state index in [1.807, 2.05) is 6.92 Å². The van der Waals surface area contributed by atoms with Crippen molar-refractivity contribution in [3.8, 4) is 0 Å². The van der Waals surface area contributed by atoms with Crippen LogP contribution in [0, 0.1) is 5.92 Å². The lowest BCUT2D eigenvalue weighted by Gasteiger charge is -2.12. The van der Waals surface area contributed by atoms with Gasteiger partial charge in [0.05, 0.1) is 19.6 Å². The van der Waals surface area contributed by atoms with E-state index in [0.29, 0.717) is 31.5 Å². The molecule has 1 aliphatic heterocycles. The van der Waals surface area contributed by atoms with Gasteiger partial charge in [-0.1, -0.05) is 25.6 Å². The Bertz CT molecular complexity index is 267. The number of nitrogens with zero attached hydrogens (tertiary/aromatic N) is 1. The van der Waals surface area contributed by atoms with Gasteiger partial charge in [0.15, 0.2) is 5.17 Å². The number of rotatable bonds is 5. The van der Waals surface area contributed by atoms with Crippen molar-refractivity contribution in [1.82, 2.24) is 5.32 Å². The zero-order valence-corrected chi connectivity index (χ0v) is 11.0. The van der Waals surface area contributed by atoms with E-state index in [1.54, 1.807) is 11.8 Å². The molecule has 16 heavy (non-hydrogen) atoms. The number of hydrogen-bond acceptors (Lipinski definition) is 4. The van der Waals surface area contributed by atoms with Crippen LogP contribution in [0.2, 0.25) is 0 Å². The Morgan fingerprint density at radius 2 is 2.44 bits per heavy atom. The molecule has 1 rings (SSSR count). The molecule has 0 saturated carbocycles. The highest BCUT2D eigenvalue weighted by molar-refractivity contribution is 8.14. The summed E-state index contributed by atoms with van der Waals surface area (Å²) in [6, 6.07) is 0.506. The number of ether oxygens (including phenoxy) is 1. The molecule has 1 atom stereocenters. The van der Waals surface area contributed by atoms with Gasteiger partial charge in [-0.15, -0.1) is 0 Å². The van der Waals surface area contributed by atoms with Crippen LogP contribution in [-0.2, 0) is 9.53 Å². The maximum Gasteiger partial charge on any atom is 0.307 e. The molecule has 0 aromatic heterocycles. The standard InChI is InChI=1S/C11H20N2O2S/c1-4-15-10(14)5-6-12-11-13-9(7-16-11)8(2)3/h8-9H,4-7H2,1-3H3,(H,12,13). The highest BCUT2D eigenvalue weighted by Gasteiger charge is 2.22. The maximum absolute atomic E-state index is 11.1. The van der Waals surface area contributed by atoms with Gasteiger partial charge in [0.1, 0.15) is 0 Å². The minimum absolute atomic E-state index is 0.171. The van der Waals surface area contributed by atoms with E-state index in [2.05, 4.69) is 24.2 Å². The first-order valence-electron chi connectivity index (χ1n) is 5.73. The van der Waals surface area contributed by atoms with Crippen molar-refractivity contribution >= 4 is 22.9 Å². The van der Waals surface area contributed by atoms with Gasteiger partial charge in [-0.3, -0.25) is 9.79 Å². The molecule has 1 fully saturated rings. The van der Waals surface area contributed by atoms with Crippen molar-refractivity contribution in [2.75, 3.05) is 18.9 Å². The molecular formula is C11H20N2O2S. The average molecular weight is 244 g/mol. The molecule has 4 nitrogen and oxygen atoms in total. The van der Waals surface area contributed by atoms with E-state index in [1.165, 1.54) is 0 Å². The van der Waals surface area contributed by atoms with Crippen molar-refractivity contribution in [1.29, 1.82) is 0 Å². The van der Waals surface area contributed by atoms with Crippen LogP contribution in [0.4, 0.5) is 0 Å². The first-order chi connectivity index (χ1) is 7.63. The SMILES string of the molecule is CCOC(=O)CCN=C1NC(C(C)C)CS1. The largest absolute Gasteiger partial charge is 0.466 e. The summed E-state index contributed by atoms with van der Waals surface area (Å²) < 4.78 is 4.83. The zero-order valence-electron chi connectivity index (χ0n) is 10.2. The molecule has 0 spiro atoms. The normalized spacial score (nSPS) is 22.5. The fraction of sp³-hybridized carbons (Fsp3) is 0.818. The van der Waals surface area contributed by atoms with E-state index >= 15 is 0 Å². The monoisotopic (exact) mass is 244 g/mol. The summed E-state index contributed by atoms with van der Waals surface area (Å²) in [7, 11) is 0. The first kappa shape index (κ1) is 13.4. The van der Waals surface area contributed by atoms with E-state index in [9.17, 15) is 4.79 Å². The van der Waals surface area contributed by atoms with Gasteiger partial charge in [-0.2, -0.15) is 0 Å². The Morgan fingerprint density at radius 3 is 3.00 bits per heavy atom. The van der Waals surface area contributed by atoms with E-state index in [4.69, 9.17) is 4.74 Å². The van der Waals surface area contributed by atoms with E-state index in [0.717, 1.165) is 10.9 Å². The van der Waals surface area contributed by atoms with Crippen LogP contribution in [0.1, 0.15) is 27.2 Å². The maximum atomic E-state index is 11.1. The molecule has 0 radical (unpaired) electrons. The summed E-state index contributed by atoms with van der Waals surface area (Å²) in [5, 5.41) is 4.32. The van der Waals surface area contributed by atoms with Crippen LogP contribution in [-0.4, -0.2) is 36.1 Å². The van der Waals surface area contributed by atoms with Crippen molar-refractivity contribution in [2.24, 2.45) is 10.9 Å². The predicted molar refractivity (Wildman–Crippen MR) is 67.8 cm³/mol. The molecule has 0 aromatic carbocycles. The minimum atomic E-state index is -0.171. The van der Waals surface area contributed by atoms with Crippen molar-refractivity contribution in [3.05, 3.63) is 0 Å². The van der Waals surface area contributed by atoms with Gasteiger partial charge < -0.3 is 10.1 Å². The fourth-order valence-corrected chi connectivity index (χ4v) is 2.57. The molecule has 1 N–H and O–H groups in total. The van der Waals surface area contributed by atoms with Crippen molar-refractivity contribution < 1.29 is 9.53 Å². The lowest BCUT2D eigenvalue weighted by atomic mass is 10.1. The lowest BCUT2D eigenvalue weighted by molar-refractivity contribution is -0.142. The summed E-state index contributed by atoms with van der Waals surface area (Å²) in [6.45, 7) is 7.15. The number of nitrogens with one attached hydrogen (secondary N) is 1. The first-order valence-corrected chi connectivity index (χ1v) is 6.71. The Kier molecular flexibility index (Phi) is 5.66. The smallest absolute Gasteiger partial charge is 0.307 e. The molecule has 1 unspecified atom stereocenters. The fourth-order valence-electron chi connectivity index (χ4n) is 1.34. The van der Waals surface area contributed by atoms with Gasteiger partial charge in [0, 0.05) is 11.8 Å². The number of thioether (sulfide) groups is 1. The summed E-state index contributed by atoms with van der Waals surface area (Å²) in [4.78, 5) is 15.4.